The second kappa shape index (κ2) is 9.60. The number of ether oxygens (including phenoxy) is 1. The van der Waals surface area contributed by atoms with E-state index in [0.717, 1.165) is 44.5 Å². The van der Waals surface area contributed by atoms with Gasteiger partial charge in [-0.2, -0.15) is 0 Å². The maximum Gasteiger partial charge on any atom is 0.245 e. The number of likely N-dealkylation sites (tertiary alicyclic amines) is 1. The molecule has 0 aromatic heterocycles. The van der Waals surface area contributed by atoms with Gasteiger partial charge in [0.05, 0.1) is 7.11 Å². The molecule has 1 fully saturated rings. The van der Waals surface area contributed by atoms with Crippen LogP contribution in [0.5, 0.6) is 5.75 Å². The van der Waals surface area contributed by atoms with Crippen molar-refractivity contribution in [3.8, 4) is 5.75 Å². The summed E-state index contributed by atoms with van der Waals surface area (Å²) in [4.78, 5) is 26.0. The summed E-state index contributed by atoms with van der Waals surface area (Å²) in [6, 6.07) is 7.84. The monoisotopic (exact) mass is 360 g/mol. The molecule has 5 heteroatoms. The SMILES string of the molecule is COc1ccc(CCC2CCN(C(=O)C(NC(C)=O)C(C)C)CC2)cc1. The molecule has 1 aromatic carbocycles. The van der Waals surface area contributed by atoms with Crippen molar-refractivity contribution in [1.29, 1.82) is 0 Å². The van der Waals surface area contributed by atoms with E-state index >= 15 is 0 Å². The van der Waals surface area contributed by atoms with E-state index in [1.807, 2.05) is 30.9 Å². The van der Waals surface area contributed by atoms with Gasteiger partial charge in [0.2, 0.25) is 11.8 Å². The van der Waals surface area contributed by atoms with Gasteiger partial charge in [0.15, 0.2) is 0 Å². The molecule has 2 amide bonds. The zero-order valence-electron chi connectivity index (χ0n) is 16.5. The predicted molar refractivity (Wildman–Crippen MR) is 103 cm³/mol. The topological polar surface area (TPSA) is 58.6 Å². The van der Waals surface area contributed by atoms with E-state index in [4.69, 9.17) is 4.74 Å². The Labute approximate surface area is 157 Å². The molecule has 1 N–H and O–H groups in total. The molecular weight excluding hydrogens is 328 g/mol. The molecule has 1 unspecified atom stereocenters. The van der Waals surface area contributed by atoms with E-state index in [1.165, 1.54) is 12.5 Å². The van der Waals surface area contributed by atoms with Gasteiger partial charge in [0, 0.05) is 20.0 Å². The van der Waals surface area contributed by atoms with Crippen LogP contribution in [0.4, 0.5) is 0 Å². The Morgan fingerprint density at radius 1 is 1.19 bits per heavy atom. The number of methoxy groups -OCH3 is 1. The van der Waals surface area contributed by atoms with Crippen LogP contribution in [-0.2, 0) is 16.0 Å². The molecule has 2 rings (SSSR count). The summed E-state index contributed by atoms with van der Waals surface area (Å²) >= 11 is 0. The van der Waals surface area contributed by atoms with Crippen molar-refractivity contribution in [2.24, 2.45) is 11.8 Å². The number of amides is 2. The summed E-state index contributed by atoms with van der Waals surface area (Å²) < 4.78 is 5.19. The molecule has 1 saturated heterocycles. The Hall–Kier alpha value is -2.04. The van der Waals surface area contributed by atoms with Gasteiger partial charge in [-0.1, -0.05) is 26.0 Å². The molecule has 0 saturated carbocycles. The molecule has 1 aromatic rings. The molecule has 1 aliphatic rings. The Balaban J connectivity index is 1.80. The van der Waals surface area contributed by atoms with Crippen LogP contribution in [0.2, 0.25) is 0 Å². The lowest BCUT2D eigenvalue weighted by molar-refractivity contribution is -0.138. The van der Waals surface area contributed by atoms with E-state index in [9.17, 15) is 9.59 Å². The molecular formula is C21H32N2O3. The highest BCUT2D eigenvalue weighted by Crippen LogP contribution is 2.24. The molecule has 26 heavy (non-hydrogen) atoms. The first-order valence-electron chi connectivity index (χ1n) is 9.59. The van der Waals surface area contributed by atoms with Crippen LogP contribution in [0.25, 0.3) is 0 Å². The number of carbonyl (C=O) groups excluding carboxylic acids is 2. The average Bonchev–Trinajstić information content (AvgIpc) is 2.64. The van der Waals surface area contributed by atoms with Crippen molar-refractivity contribution in [3.63, 3.8) is 0 Å². The maximum atomic E-state index is 12.7. The van der Waals surface area contributed by atoms with Gasteiger partial charge in [-0.25, -0.2) is 0 Å². The smallest absolute Gasteiger partial charge is 0.245 e. The van der Waals surface area contributed by atoms with Gasteiger partial charge >= 0.3 is 0 Å². The molecule has 0 spiro atoms. The van der Waals surface area contributed by atoms with Gasteiger partial charge in [0.1, 0.15) is 11.8 Å². The molecule has 1 atom stereocenters. The fourth-order valence-corrected chi connectivity index (χ4v) is 3.53. The minimum absolute atomic E-state index is 0.0591. The summed E-state index contributed by atoms with van der Waals surface area (Å²) in [5.41, 5.74) is 1.33. The summed E-state index contributed by atoms with van der Waals surface area (Å²) in [5, 5.41) is 2.80. The zero-order valence-corrected chi connectivity index (χ0v) is 16.5. The van der Waals surface area contributed by atoms with Crippen LogP contribution in [-0.4, -0.2) is 43.0 Å². The second-order valence-corrected chi connectivity index (χ2v) is 7.58. The number of hydrogen-bond donors (Lipinski definition) is 1. The zero-order chi connectivity index (χ0) is 19.1. The van der Waals surface area contributed by atoms with E-state index in [2.05, 4.69) is 17.4 Å². The third-order valence-electron chi connectivity index (χ3n) is 5.22. The molecule has 144 valence electrons. The number of nitrogens with zero attached hydrogens (tertiary/aromatic N) is 1. The van der Waals surface area contributed by atoms with Crippen molar-refractivity contribution < 1.29 is 14.3 Å². The number of piperidine rings is 1. The Morgan fingerprint density at radius 2 is 1.81 bits per heavy atom. The Morgan fingerprint density at radius 3 is 2.31 bits per heavy atom. The minimum atomic E-state index is -0.414. The van der Waals surface area contributed by atoms with Gasteiger partial charge in [0.25, 0.3) is 0 Å². The van der Waals surface area contributed by atoms with Crippen LogP contribution in [0, 0.1) is 11.8 Å². The first-order chi connectivity index (χ1) is 12.4. The normalized spacial score (nSPS) is 16.4. The van der Waals surface area contributed by atoms with Crippen LogP contribution in [0.15, 0.2) is 24.3 Å². The molecule has 0 radical (unpaired) electrons. The molecule has 1 aliphatic heterocycles. The van der Waals surface area contributed by atoms with Crippen LogP contribution < -0.4 is 10.1 Å². The molecule has 5 nitrogen and oxygen atoms in total. The van der Waals surface area contributed by atoms with Gasteiger partial charge < -0.3 is 15.0 Å². The highest BCUT2D eigenvalue weighted by Gasteiger charge is 2.30. The lowest BCUT2D eigenvalue weighted by Crippen LogP contribution is -2.52. The molecule has 1 heterocycles. The number of rotatable bonds is 7. The highest BCUT2D eigenvalue weighted by molar-refractivity contribution is 5.87. The van der Waals surface area contributed by atoms with Crippen molar-refractivity contribution in [1.82, 2.24) is 10.2 Å². The van der Waals surface area contributed by atoms with Crippen LogP contribution in [0.3, 0.4) is 0 Å². The third kappa shape index (κ3) is 5.75. The summed E-state index contributed by atoms with van der Waals surface area (Å²) in [7, 11) is 1.68. The Bertz CT molecular complexity index is 590. The van der Waals surface area contributed by atoms with Crippen molar-refractivity contribution >= 4 is 11.8 Å². The van der Waals surface area contributed by atoms with E-state index in [1.54, 1.807) is 7.11 Å². The van der Waals surface area contributed by atoms with Gasteiger partial charge in [-0.05, 0) is 55.2 Å². The molecule has 0 aliphatic carbocycles. The van der Waals surface area contributed by atoms with E-state index in [-0.39, 0.29) is 17.7 Å². The number of aryl methyl sites for hydroxylation is 1. The first-order valence-corrected chi connectivity index (χ1v) is 9.59. The highest BCUT2D eigenvalue weighted by atomic mass is 16.5. The lowest BCUT2D eigenvalue weighted by Gasteiger charge is -2.35. The number of carbonyl (C=O) groups is 2. The first kappa shape index (κ1) is 20.3. The second-order valence-electron chi connectivity index (χ2n) is 7.58. The maximum absolute atomic E-state index is 12.7. The standard InChI is InChI=1S/C21H32N2O3/c1-15(2)20(22-16(3)24)21(25)23-13-11-18(12-14-23)6-5-17-7-9-19(26-4)10-8-17/h7-10,15,18,20H,5-6,11-14H2,1-4H3,(H,22,24). The molecule has 0 bridgehead atoms. The van der Waals surface area contributed by atoms with E-state index < -0.39 is 6.04 Å². The van der Waals surface area contributed by atoms with E-state index in [0.29, 0.717) is 5.92 Å². The quantitative estimate of drug-likeness (QED) is 0.813. The Kier molecular flexibility index (Phi) is 7.49. The summed E-state index contributed by atoms with van der Waals surface area (Å²) in [5.74, 6) is 1.55. The summed E-state index contributed by atoms with van der Waals surface area (Å²) in [6.07, 6.45) is 4.27. The average molecular weight is 360 g/mol. The van der Waals surface area contributed by atoms with Crippen molar-refractivity contribution in [2.75, 3.05) is 20.2 Å². The van der Waals surface area contributed by atoms with Gasteiger partial charge in [-0.15, -0.1) is 0 Å². The number of hydrogen-bond acceptors (Lipinski definition) is 3. The summed E-state index contributed by atoms with van der Waals surface area (Å²) in [6.45, 7) is 6.98. The largest absolute Gasteiger partial charge is 0.497 e. The van der Waals surface area contributed by atoms with Gasteiger partial charge in [-0.3, -0.25) is 9.59 Å². The van der Waals surface area contributed by atoms with Crippen LogP contribution in [0.1, 0.15) is 45.6 Å². The fraction of sp³-hybridized carbons (Fsp3) is 0.619. The third-order valence-corrected chi connectivity index (χ3v) is 5.22. The van der Waals surface area contributed by atoms with Crippen molar-refractivity contribution in [3.05, 3.63) is 29.8 Å². The number of benzene rings is 1. The lowest BCUT2D eigenvalue weighted by atomic mass is 9.90. The fourth-order valence-electron chi connectivity index (χ4n) is 3.53. The van der Waals surface area contributed by atoms with Crippen LogP contribution >= 0.6 is 0 Å². The van der Waals surface area contributed by atoms with Crippen molar-refractivity contribution in [2.45, 2.75) is 52.5 Å². The number of nitrogens with one attached hydrogen (secondary N) is 1. The minimum Gasteiger partial charge on any atom is -0.497 e. The predicted octanol–water partition coefficient (Wildman–Crippen LogP) is 3.03.